The minimum atomic E-state index is -0.402. The van der Waals surface area contributed by atoms with Gasteiger partial charge in [0.2, 0.25) is 5.91 Å². The van der Waals surface area contributed by atoms with Crippen LogP contribution in [-0.4, -0.2) is 20.7 Å². The fourth-order valence-corrected chi connectivity index (χ4v) is 2.43. The average Bonchev–Trinajstić information content (AvgIpc) is 3.10. The number of pyridine rings is 1. The lowest BCUT2D eigenvalue weighted by Gasteiger charge is -2.08. The lowest BCUT2D eigenvalue weighted by atomic mass is 10.2. The van der Waals surface area contributed by atoms with Crippen molar-refractivity contribution in [3.05, 3.63) is 76.9 Å². The fraction of sp³-hybridized carbons (Fsp3) is 0. The van der Waals surface area contributed by atoms with Crippen molar-refractivity contribution in [1.29, 1.82) is 0 Å². The Balaban J connectivity index is 1.79. The van der Waals surface area contributed by atoms with E-state index in [0.717, 1.165) is 4.47 Å². The van der Waals surface area contributed by atoms with Crippen LogP contribution >= 0.6 is 15.9 Å². The molecule has 0 unspecified atom stereocenters. The molecule has 2 aromatic heterocycles. The zero-order chi connectivity index (χ0) is 16.9. The summed E-state index contributed by atoms with van der Waals surface area (Å²) in [6, 6.07) is 9.71. The van der Waals surface area contributed by atoms with Gasteiger partial charge in [-0.05, 0) is 42.5 Å². The van der Waals surface area contributed by atoms with E-state index >= 15 is 0 Å². The van der Waals surface area contributed by atoms with Gasteiger partial charge in [-0.1, -0.05) is 15.9 Å². The Bertz CT molecular complexity index is 893. The number of carbonyl (C=O) groups is 1. The highest BCUT2D eigenvalue weighted by atomic mass is 79.9. The number of benzene rings is 1. The van der Waals surface area contributed by atoms with Crippen LogP contribution in [0.1, 0.15) is 5.56 Å². The second kappa shape index (κ2) is 7.18. The third-order valence-electron chi connectivity index (χ3n) is 3.14. The van der Waals surface area contributed by atoms with E-state index in [1.54, 1.807) is 53.6 Å². The number of rotatable bonds is 4. The van der Waals surface area contributed by atoms with E-state index in [1.807, 2.05) is 0 Å². The zero-order valence-corrected chi connectivity index (χ0v) is 13.9. The molecule has 3 rings (SSSR count). The average molecular weight is 387 g/mol. The number of carbonyl (C=O) groups excluding carboxylic acids is 1. The second-order valence-electron chi connectivity index (χ2n) is 4.81. The number of halogens is 2. The first-order valence-electron chi connectivity index (χ1n) is 7.02. The van der Waals surface area contributed by atoms with Gasteiger partial charge >= 0.3 is 0 Å². The second-order valence-corrected chi connectivity index (χ2v) is 5.73. The van der Waals surface area contributed by atoms with E-state index < -0.39 is 11.7 Å². The molecule has 2 heterocycles. The Morgan fingerprint density at radius 3 is 2.92 bits per heavy atom. The molecule has 7 heteroatoms. The van der Waals surface area contributed by atoms with Crippen molar-refractivity contribution in [3.8, 4) is 5.82 Å². The summed E-state index contributed by atoms with van der Waals surface area (Å²) >= 11 is 3.27. The highest BCUT2D eigenvalue weighted by Crippen LogP contribution is 2.18. The van der Waals surface area contributed by atoms with E-state index in [2.05, 4.69) is 31.3 Å². The van der Waals surface area contributed by atoms with Gasteiger partial charge in [0.15, 0.2) is 5.82 Å². The number of nitrogens with one attached hydrogen (secondary N) is 1. The molecule has 0 aliphatic heterocycles. The third-order valence-corrected chi connectivity index (χ3v) is 3.63. The van der Waals surface area contributed by atoms with E-state index in [0.29, 0.717) is 17.1 Å². The lowest BCUT2D eigenvalue weighted by Crippen LogP contribution is -2.12. The summed E-state index contributed by atoms with van der Waals surface area (Å²) < 4.78 is 16.0. The molecular formula is C17H12BrFN4O. The molecule has 0 radical (unpaired) electrons. The lowest BCUT2D eigenvalue weighted by molar-refractivity contribution is -0.111. The van der Waals surface area contributed by atoms with Gasteiger partial charge in [0.1, 0.15) is 5.82 Å². The molecule has 0 atom stereocenters. The molecule has 0 bridgehead atoms. The molecule has 5 nitrogen and oxygen atoms in total. The van der Waals surface area contributed by atoms with Gasteiger partial charge in [-0.15, -0.1) is 0 Å². The first-order chi connectivity index (χ1) is 11.6. The predicted octanol–water partition coefficient (Wildman–Crippen LogP) is 3.82. The van der Waals surface area contributed by atoms with E-state index in [4.69, 9.17) is 0 Å². The van der Waals surface area contributed by atoms with Crippen LogP contribution in [-0.2, 0) is 4.79 Å². The van der Waals surface area contributed by atoms with Crippen molar-refractivity contribution in [2.24, 2.45) is 0 Å². The molecule has 1 aromatic carbocycles. The van der Waals surface area contributed by atoms with E-state index in [-0.39, 0.29) is 0 Å². The monoisotopic (exact) mass is 386 g/mol. The summed E-state index contributed by atoms with van der Waals surface area (Å²) in [6.45, 7) is 0. The molecule has 0 aliphatic carbocycles. The maximum absolute atomic E-state index is 13.7. The summed E-state index contributed by atoms with van der Waals surface area (Å²) in [5.41, 5.74) is 0.823. The molecular weight excluding hydrogens is 375 g/mol. The molecule has 0 aliphatic rings. The number of aromatic nitrogens is 3. The standard InChI is InChI=1S/C17H12BrFN4O/c18-13-5-6-14(19)12(11-13)4-7-16(24)22-15-3-1-8-20-17(15)23-10-2-9-21-23/h1-11H,(H,22,24)/b7-4+. The summed E-state index contributed by atoms with van der Waals surface area (Å²) in [5, 5.41) is 6.82. The normalized spacial score (nSPS) is 10.9. The van der Waals surface area contributed by atoms with Gasteiger partial charge in [0, 0.05) is 34.7 Å². The van der Waals surface area contributed by atoms with Crippen LogP contribution in [0.3, 0.4) is 0 Å². The highest BCUT2D eigenvalue weighted by molar-refractivity contribution is 9.10. The van der Waals surface area contributed by atoms with Gasteiger partial charge in [-0.25, -0.2) is 14.1 Å². The van der Waals surface area contributed by atoms with E-state index in [1.165, 1.54) is 18.2 Å². The Hall–Kier alpha value is -2.80. The van der Waals surface area contributed by atoms with Crippen molar-refractivity contribution in [2.75, 3.05) is 5.32 Å². The first kappa shape index (κ1) is 16.1. The minimum absolute atomic E-state index is 0.318. The largest absolute Gasteiger partial charge is 0.319 e. The number of nitrogens with zero attached hydrogens (tertiary/aromatic N) is 3. The fourth-order valence-electron chi connectivity index (χ4n) is 2.05. The first-order valence-corrected chi connectivity index (χ1v) is 7.82. The molecule has 0 spiro atoms. The number of anilines is 1. The summed E-state index contributed by atoms with van der Waals surface area (Å²) in [7, 11) is 0. The molecule has 1 amide bonds. The van der Waals surface area contributed by atoms with Crippen molar-refractivity contribution >= 4 is 33.6 Å². The van der Waals surface area contributed by atoms with Gasteiger partial charge < -0.3 is 5.32 Å². The molecule has 1 N–H and O–H groups in total. The number of hydrogen-bond acceptors (Lipinski definition) is 3. The van der Waals surface area contributed by atoms with Crippen molar-refractivity contribution in [3.63, 3.8) is 0 Å². The molecule has 120 valence electrons. The molecule has 0 saturated carbocycles. The third kappa shape index (κ3) is 3.75. The molecule has 24 heavy (non-hydrogen) atoms. The van der Waals surface area contributed by atoms with Gasteiger partial charge in [0.05, 0.1) is 5.69 Å². The Labute approximate surface area is 146 Å². The smallest absolute Gasteiger partial charge is 0.248 e. The van der Waals surface area contributed by atoms with Crippen LogP contribution in [0.25, 0.3) is 11.9 Å². The van der Waals surface area contributed by atoms with Gasteiger partial charge in [-0.2, -0.15) is 5.10 Å². The van der Waals surface area contributed by atoms with Crippen LogP contribution in [0.4, 0.5) is 10.1 Å². The maximum atomic E-state index is 13.7. The van der Waals surface area contributed by atoms with Crippen LogP contribution in [0.5, 0.6) is 0 Å². The summed E-state index contributed by atoms with van der Waals surface area (Å²) in [5.74, 6) is -0.297. The van der Waals surface area contributed by atoms with Crippen molar-refractivity contribution < 1.29 is 9.18 Å². The zero-order valence-electron chi connectivity index (χ0n) is 12.4. The van der Waals surface area contributed by atoms with E-state index in [9.17, 15) is 9.18 Å². The topological polar surface area (TPSA) is 59.8 Å². The number of hydrogen-bond donors (Lipinski definition) is 1. The maximum Gasteiger partial charge on any atom is 0.248 e. The summed E-state index contributed by atoms with van der Waals surface area (Å²) in [6.07, 6.45) is 7.64. The highest BCUT2D eigenvalue weighted by Gasteiger charge is 2.08. The Morgan fingerprint density at radius 1 is 1.25 bits per heavy atom. The molecule has 0 saturated heterocycles. The molecule has 0 fully saturated rings. The van der Waals surface area contributed by atoms with Crippen LogP contribution in [0.2, 0.25) is 0 Å². The van der Waals surface area contributed by atoms with Crippen LogP contribution in [0, 0.1) is 5.82 Å². The predicted molar refractivity (Wildman–Crippen MR) is 93.1 cm³/mol. The van der Waals surface area contributed by atoms with Gasteiger partial charge in [-0.3, -0.25) is 4.79 Å². The van der Waals surface area contributed by atoms with Crippen molar-refractivity contribution in [2.45, 2.75) is 0 Å². The van der Waals surface area contributed by atoms with Gasteiger partial charge in [0.25, 0.3) is 0 Å². The quantitative estimate of drug-likeness (QED) is 0.693. The summed E-state index contributed by atoms with van der Waals surface area (Å²) in [4.78, 5) is 16.3. The van der Waals surface area contributed by atoms with Crippen LogP contribution in [0.15, 0.2) is 65.5 Å². The van der Waals surface area contributed by atoms with Crippen LogP contribution < -0.4 is 5.32 Å². The molecule has 3 aromatic rings. The SMILES string of the molecule is O=C(/C=C/c1cc(Br)ccc1F)Nc1cccnc1-n1cccn1. The Kier molecular flexibility index (Phi) is 4.81. The van der Waals surface area contributed by atoms with Crippen molar-refractivity contribution in [1.82, 2.24) is 14.8 Å². The minimum Gasteiger partial charge on any atom is -0.319 e. The Morgan fingerprint density at radius 2 is 2.12 bits per heavy atom. The number of amides is 1.